The zero-order valence-corrected chi connectivity index (χ0v) is 7.68. The molecule has 0 aromatic carbocycles. The lowest BCUT2D eigenvalue weighted by atomic mass is 10.5. The van der Waals surface area contributed by atoms with Crippen molar-refractivity contribution in [2.24, 2.45) is 0 Å². The molecule has 0 aliphatic rings. The molecule has 72 valence electrons. The number of aromatic nitrogens is 4. The molecule has 0 spiro atoms. The van der Waals surface area contributed by atoms with Gasteiger partial charge in [0.15, 0.2) is 5.82 Å². The number of hydrogen-bond donors (Lipinski definition) is 2. The van der Waals surface area contributed by atoms with Crippen molar-refractivity contribution in [2.75, 3.05) is 18.1 Å². The lowest BCUT2D eigenvalue weighted by molar-refractivity contribution is 0.850. The maximum absolute atomic E-state index is 5.68. The highest BCUT2D eigenvalue weighted by atomic mass is 15.3. The fourth-order valence-electron chi connectivity index (χ4n) is 1.10. The van der Waals surface area contributed by atoms with Crippen LogP contribution in [-0.2, 0) is 0 Å². The minimum Gasteiger partial charge on any atom is -0.384 e. The standard InChI is InChI=1S/C8H10N6/c1-10-7-4-8(12-5-11-7)14-6(9)2-3-13-14/h2-5H,9H2,1H3,(H,10,11,12). The smallest absolute Gasteiger partial charge is 0.161 e. The monoisotopic (exact) mass is 190 g/mol. The average molecular weight is 190 g/mol. The fraction of sp³-hybridized carbons (Fsp3) is 0.125. The topological polar surface area (TPSA) is 81.7 Å². The summed E-state index contributed by atoms with van der Waals surface area (Å²) >= 11 is 0. The van der Waals surface area contributed by atoms with Crippen molar-refractivity contribution in [1.29, 1.82) is 0 Å². The van der Waals surface area contributed by atoms with Gasteiger partial charge in [-0.05, 0) is 0 Å². The first kappa shape index (κ1) is 8.49. The van der Waals surface area contributed by atoms with Crippen molar-refractivity contribution in [1.82, 2.24) is 19.7 Å². The van der Waals surface area contributed by atoms with Crippen LogP contribution in [0.2, 0.25) is 0 Å². The van der Waals surface area contributed by atoms with Gasteiger partial charge in [0.2, 0.25) is 0 Å². The van der Waals surface area contributed by atoms with E-state index in [9.17, 15) is 0 Å². The average Bonchev–Trinajstić information content (AvgIpc) is 2.65. The predicted octanol–water partition coefficient (Wildman–Crippen LogP) is 0.286. The first-order valence-corrected chi connectivity index (χ1v) is 4.11. The van der Waals surface area contributed by atoms with Gasteiger partial charge in [-0.25, -0.2) is 9.97 Å². The number of nitrogens with zero attached hydrogens (tertiary/aromatic N) is 4. The molecule has 0 atom stereocenters. The first-order valence-electron chi connectivity index (χ1n) is 4.11. The Bertz CT molecular complexity index is 435. The fourth-order valence-corrected chi connectivity index (χ4v) is 1.10. The van der Waals surface area contributed by atoms with Gasteiger partial charge in [0.25, 0.3) is 0 Å². The molecule has 0 unspecified atom stereocenters. The van der Waals surface area contributed by atoms with Crippen molar-refractivity contribution < 1.29 is 0 Å². The van der Waals surface area contributed by atoms with Crippen LogP contribution in [0, 0.1) is 0 Å². The zero-order valence-electron chi connectivity index (χ0n) is 7.68. The second-order valence-corrected chi connectivity index (χ2v) is 2.68. The van der Waals surface area contributed by atoms with Crippen molar-refractivity contribution >= 4 is 11.6 Å². The molecular weight excluding hydrogens is 180 g/mol. The van der Waals surface area contributed by atoms with Gasteiger partial charge in [-0.2, -0.15) is 9.78 Å². The third-order valence-electron chi connectivity index (χ3n) is 1.80. The minimum absolute atomic E-state index is 0.547. The van der Waals surface area contributed by atoms with Crippen LogP contribution >= 0.6 is 0 Å². The largest absolute Gasteiger partial charge is 0.384 e. The van der Waals surface area contributed by atoms with Crippen molar-refractivity contribution in [3.8, 4) is 5.82 Å². The summed E-state index contributed by atoms with van der Waals surface area (Å²) in [6, 6.07) is 3.48. The maximum atomic E-state index is 5.68. The van der Waals surface area contributed by atoms with E-state index >= 15 is 0 Å². The van der Waals surface area contributed by atoms with E-state index in [1.807, 2.05) is 0 Å². The molecule has 0 saturated heterocycles. The summed E-state index contributed by atoms with van der Waals surface area (Å²) in [5.74, 6) is 1.92. The van der Waals surface area contributed by atoms with Gasteiger partial charge in [0.05, 0.1) is 6.20 Å². The summed E-state index contributed by atoms with van der Waals surface area (Å²) in [6.45, 7) is 0. The van der Waals surface area contributed by atoms with Crippen LogP contribution in [0.3, 0.4) is 0 Å². The van der Waals surface area contributed by atoms with Crippen LogP contribution in [0.15, 0.2) is 24.7 Å². The molecule has 0 amide bonds. The summed E-state index contributed by atoms with van der Waals surface area (Å²) < 4.78 is 1.54. The Labute approximate surface area is 80.8 Å². The van der Waals surface area contributed by atoms with Crippen LogP contribution in [0.5, 0.6) is 0 Å². The van der Waals surface area contributed by atoms with Crippen LogP contribution < -0.4 is 11.1 Å². The molecule has 0 aliphatic heterocycles. The van der Waals surface area contributed by atoms with Gasteiger partial charge in [-0.3, -0.25) is 0 Å². The number of nitrogens with one attached hydrogen (secondary N) is 1. The highest BCUT2D eigenvalue weighted by Crippen LogP contribution is 2.11. The summed E-state index contributed by atoms with van der Waals surface area (Å²) in [5.41, 5.74) is 5.68. The van der Waals surface area contributed by atoms with E-state index in [-0.39, 0.29) is 0 Å². The minimum atomic E-state index is 0.547. The van der Waals surface area contributed by atoms with Gasteiger partial charge in [-0.15, -0.1) is 0 Å². The Morgan fingerprint density at radius 3 is 2.93 bits per heavy atom. The Morgan fingerprint density at radius 1 is 1.43 bits per heavy atom. The molecule has 2 heterocycles. The molecule has 6 nitrogen and oxygen atoms in total. The molecule has 0 saturated carbocycles. The van der Waals surface area contributed by atoms with Gasteiger partial charge in [0.1, 0.15) is 18.0 Å². The van der Waals surface area contributed by atoms with Crippen LogP contribution in [0.4, 0.5) is 11.6 Å². The van der Waals surface area contributed by atoms with E-state index in [0.717, 1.165) is 5.82 Å². The number of hydrogen-bond acceptors (Lipinski definition) is 5. The highest BCUT2D eigenvalue weighted by Gasteiger charge is 2.03. The van der Waals surface area contributed by atoms with Gasteiger partial charge in [0, 0.05) is 19.2 Å². The Balaban J connectivity index is 2.47. The molecule has 0 radical (unpaired) electrons. The lowest BCUT2D eigenvalue weighted by Gasteiger charge is -2.03. The van der Waals surface area contributed by atoms with Gasteiger partial charge >= 0.3 is 0 Å². The predicted molar refractivity (Wildman–Crippen MR) is 53.1 cm³/mol. The van der Waals surface area contributed by atoms with Crippen LogP contribution in [0.1, 0.15) is 0 Å². The third kappa shape index (κ3) is 1.37. The SMILES string of the molecule is CNc1cc(-n2nccc2N)ncn1. The molecule has 2 aromatic rings. The number of nitrogens with two attached hydrogens (primary N) is 1. The summed E-state index contributed by atoms with van der Waals surface area (Å²) in [5, 5.41) is 6.95. The maximum Gasteiger partial charge on any atom is 0.161 e. The molecule has 0 fully saturated rings. The molecule has 6 heteroatoms. The normalized spacial score (nSPS) is 10.1. The quantitative estimate of drug-likeness (QED) is 0.711. The number of rotatable bonds is 2. The van der Waals surface area contributed by atoms with E-state index in [0.29, 0.717) is 11.6 Å². The molecule has 14 heavy (non-hydrogen) atoms. The molecule has 0 bridgehead atoms. The van der Waals surface area contributed by atoms with E-state index in [1.165, 1.54) is 6.33 Å². The van der Waals surface area contributed by atoms with Crippen molar-refractivity contribution in [3.63, 3.8) is 0 Å². The molecule has 2 rings (SSSR count). The van der Waals surface area contributed by atoms with E-state index in [4.69, 9.17) is 5.73 Å². The third-order valence-corrected chi connectivity index (χ3v) is 1.80. The number of anilines is 2. The van der Waals surface area contributed by atoms with E-state index < -0.39 is 0 Å². The van der Waals surface area contributed by atoms with E-state index in [2.05, 4.69) is 20.4 Å². The molecule has 2 aromatic heterocycles. The Kier molecular flexibility index (Phi) is 2.02. The Hall–Kier alpha value is -2.11. The van der Waals surface area contributed by atoms with Gasteiger partial charge in [-0.1, -0.05) is 0 Å². The first-order chi connectivity index (χ1) is 6.81. The van der Waals surface area contributed by atoms with Gasteiger partial charge < -0.3 is 11.1 Å². The van der Waals surface area contributed by atoms with Crippen molar-refractivity contribution in [2.45, 2.75) is 0 Å². The number of nitrogen functional groups attached to an aromatic ring is 1. The Morgan fingerprint density at radius 2 is 2.29 bits per heavy atom. The lowest BCUT2D eigenvalue weighted by Crippen LogP contribution is -2.05. The zero-order chi connectivity index (χ0) is 9.97. The summed E-state index contributed by atoms with van der Waals surface area (Å²) in [4.78, 5) is 8.05. The van der Waals surface area contributed by atoms with E-state index in [1.54, 1.807) is 30.1 Å². The van der Waals surface area contributed by atoms with Crippen LogP contribution in [0.25, 0.3) is 5.82 Å². The second kappa shape index (κ2) is 3.33. The second-order valence-electron chi connectivity index (χ2n) is 2.68. The molecular formula is C8H10N6. The highest BCUT2D eigenvalue weighted by molar-refractivity contribution is 5.43. The summed E-state index contributed by atoms with van der Waals surface area (Å²) in [7, 11) is 1.79. The molecule has 0 aliphatic carbocycles. The van der Waals surface area contributed by atoms with Crippen LogP contribution in [-0.4, -0.2) is 26.8 Å². The molecule has 3 N–H and O–H groups in total. The summed E-state index contributed by atoms with van der Waals surface area (Å²) in [6.07, 6.45) is 3.08. The van der Waals surface area contributed by atoms with Crippen molar-refractivity contribution in [3.05, 3.63) is 24.7 Å².